The number of benzene rings is 2. The van der Waals surface area contributed by atoms with Gasteiger partial charge in [-0.05, 0) is 48.1 Å². The van der Waals surface area contributed by atoms with E-state index in [0.29, 0.717) is 18.2 Å². The van der Waals surface area contributed by atoms with Gasteiger partial charge in [-0.2, -0.15) is 0 Å². The van der Waals surface area contributed by atoms with Gasteiger partial charge in [-0.25, -0.2) is 0 Å². The minimum absolute atomic E-state index is 0.195. The molecule has 5 N–H and O–H groups in total. The van der Waals surface area contributed by atoms with Crippen LogP contribution in [0.25, 0.3) is 10.9 Å². The Bertz CT molecular complexity index is 1210. The molecule has 0 aliphatic carbocycles. The van der Waals surface area contributed by atoms with Crippen LogP contribution < -0.4 is 4.74 Å². The Morgan fingerprint density at radius 1 is 1.05 bits per heavy atom. The maximum Gasteiger partial charge on any atom is 0.305 e. The summed E-state index contributed by atoms with van der Waals surface area (Å²) in [5.41, 5.74) is 3.94. The highest BCUT2D eigenvalue weighted by Crippen LogP contribution is 2.37. The van der Waals surface area contributed by atoms with E-state index in [4.69, 9.17) is 14.2 Å². The molecule has 0 spiro atoms. The lowest BCUT2D eigenvalue weighted by atomic mass is 9.95. The van der Waals surface area contributed by atoms with Crippen molar-refractivity contribution in [1.29, 1.82) is 0 Å². The van der Waals surface area contributed by atoms with E-state index in [9.17, 15) is 25.2 Å². The minimum Gasteiger partial charge on any atom is -0.463 e. The van der Waals surface area contributed by atoms with Gasteiger partial charge in [-0.3, -0.25) is 4.79 Å². The molecule has 0 bridgehead atoms. The van der Waals surface area contributed by atoms with Crippen LogP contribution in [0.5, 0.6) is 5.75 Å². The predicted molar refractivity (Wildman–Crippen MR) is 140 cm³/mol. The molecule has 1 fully saturated rings. The van der Waals surface area contributed by atoms with Crippen molar-refractivity contribution in [3.8, 4) is 5.75 Å². The van der Waals surface area contributed by atoms with Crippen molar-refractivity contribution in [2.45, 2.75) is 82.8 Å². The van der Waals surface area contributed by atoms with Gasteiger partial charge in [0.25, 0.3) is 5.79 Å². The Hall–Kier alpha value is -2.95. The fourth-order valence-corrected chi connectivity index (χ4v) is 4.69. The average molecular weight is 528 g/mol. The number of aromatic nitrogens is 1. The molecule has 2 heterocycles. The van der Waals surface area contributed by atoms with E-state index in [1.54, 1.807) is 12.1 Å². The van der Waals surface area contributed by atoms with Crippen LogP contribution in [0.15, 0.2) is 48.7 Å². The molecule has 5 atom stereocenters. The lowest BCUT2D eigenvalue weighted by Crippen LogP contribution is -2.69. The number of H-pyrrole nitrogens is 1. The molecule has 9 nitrogen and oxygen atoms in total. The smallest absolute Gasteiger partial charge is 0.305 e. The van der Waals surface area contributed by atoms with Gasteiger partial charge in [0.05, 0.1) is 0 Å². The summed E-state index contributed by atoms with van der Waals surface area (Å²) >= 11 is 0. The summed E-state index contributed by atoms with van der Waals surface area (Å²) < 4.78 is 16.3. The van der Waals surface area contributed by atoms with Crippen LogP contribution in [0.1, 0.15) is 56.2 Å². The number of carbonyl (C=O) groups excluding carboxylic acids is 1. The molecule has 1 aliphatic heterocycles. The molecule has 1 saturated heterocycles. The lowest BCUT2D eigenvalue weighted by molar-refractivity contribution is -0.385. The van der Waals surface area contributed by atoms with E-state index in [2.05, 4.69) is 36.2 Å². The summed E-state index contributed by atoms with van der Waals surface area (Å²) in [6, 6.07) is 13.4. The second-order valence-corrected chi connectivity index (χ2v) is 9.80. The number of aryl methyl sites for hydroxylation is 1. The van der Waals surface area contributed by atoms with E-state index in [-0.39, 0.29) is 18.8 Å². The molecular formula is C29H37NO8. The number of rotatable bonds is 11. The summed E-state index contributed by atoms with van der Waals surface area (Å²) in [5.74, 6) is -2.94. The zero-order chi connectivity index (χ0) is 27.3. The first-order chi connectivity index (χ1) is 18.3. The van der Waals surface area contributed by atoms with Crippen LogP contribution >= 0.6 is 0 Å². The Morgan fingerprint density at radius 2 is 1.79 bits per heavy atom. The first-order valence-electron chi connectivity index (χ1n) is 13.2. The van der Waals surface area contributed by atoms with Crippen LogP contribution in [0, 0.1) is 0 Å². The molecule has 1 aliphatic rings. The van der Waals surface area contributed by atoms with Crippen LogP contribution in [-0.2, 0) is 27.1 Å². The largest absolute Gasteiger partial charge is 0.463 e. The first kappa shape index (κ1) is 28.1. The Kier molecular flexibility index (Phi) is 9.07. The Morgan fingerprint density at radius 3 is 2.50 bits per heavy atom. The van der Waals surface area contributed by atoms with E-state index < -0.39 is 36.4 Å². The van der Waals surface area contributed by atoms with Gasteiger partial charge < -0.3 is 39.6 Å². The van der Waals surface area contributed by atoms with Gasteiger partial charge in [0.2, 0.25) is 6.29 Å². The number of ether oxygens (including phenoxy) is 3. The van der Waals surface area contributed by atoms with Crippen molar-refractivity contribution in [1.82, 2.24) is 4.98 Å². The second-order valence-electron chi connectivity index (χ2n) is 9.80. The van der Waals surface area contributed by atoms with Crippen LogP contribution in [0.3, 0.4) is 0 Å². The molecule has 0 amide bonds. The molecule has 206 valence electrons. The third-order valence-corrected chi connectivity index (χ3v) is 7.03. The number of aromatic amines is 1. The van der Waals surface area contributed by atoms with Crippen molar-refractivity contribution in [2.24, 2.45) is 0 Å². The van der Waals surface area contributed by atoms with Crippen molar-refractivity contribution >= 4 is 16.9 Å². The molecule has 2 aromatic carbocycles. The molecular weight excluding hydrogens is 490 g/mol. The highest BCUT2D eigenvalue weighted by atomic mass is 16.7. The van der Waals surface area contributed by atoms with Gasteiger partial charge in [-0.15, -0.1) is 0 Å². The van der Waals surface area contributed by atoms with E-state index >= 15 is 0 Å². The Labute approximate surface area is 222 Å². The molecule has 0 saturated carbocycles. The maximum absolute atomic E-state index is 11.9. The van der Waals surface area contributed by atoms with Crippen molar-refractivity contribution in [2.75, 3.05) is 6.61 Å². The molecule has 1 aromatic heterocycles. The monoisotopic (exact) mass is 527 g/mol. The van der Waals surface area contributed by atoms with E-state index in [1.807, 2.05) is 19.2 Å². The Balaban J connectivity index is 1.50. The van der Waals surface area contributed by atoms with E-state index in [0.717, 1.165) is 35.9 Å². The van der Waals surface area contributed by atoms with Gasteiger partial charge in [0.15, 0.2) is 6.10 Å². The highest BCUT2D eigenvalue weighted by Gasteiger charge is 2.57. The number of unbranched alkanes of at least 4 members (excludes halogenated alkanes) is 2. The number of hydrogen-bond donors (Lipinski definition) is 5. The third-order valence-electron chi connectivity index (χ3n) is 7.03. The topological polar surface area (TPSA) is 141 Å². The number of nitrogens with one attached hydrogen (secondary N) is 1. The number of aliphatic hydroxyl groups excluding tert-OH is 3. The summed E-state index contributed by atoms with van der Waals surface area (Å²) in [4.78, 5) is 15.1. The van der Waals surface area contributed by atoms with E-state index in [1.165, 1.54) is 5.56 Å². The summed E-state index contributed by atoms with van der Waals surface area (Å²) in [7, 11) is 0. The van der Waals surface area contributed by atoms with Crippen LogP contribution in [0.4, 0.5) is 0 Å². The van der Waals surface area contributed by atoms with Crippen molar-refractivity contribution in [3.63, 3.8) is 0 Å². The number of esters is 1. The zero-order valence-electron chi connectivity index (χ0n) is 21.8. The molecule has 0 unspecified atom stereocenters. The number of aliphatic hydroxyl groups is 4. The average Bonchev–Trinajstić information content (AvgIpc) is 3.33. The van der Waals surface area contributed by atoms with Crippen LogP contribution in [-0.4, -0.2) is 68.4 Å². The first-order valence-corrected chi connectivity index (χ1v) is 13.2. The van der Waals surface area contributed by atoms with Crippen molar-refractivity contribution < 1.29 is 39.4 Å². The summed E-state index contributed by atoms with van der Waals surface area (Å²) in [6.07, 6.45) is -0.781. The predicted octanol–water partition coefficient (Wildman–Crippen LogP) is 2.95. The highest BCUT2D eigenvalue weighted by molar-refractivity contribution is 5.89. The quantitative estimate of drug-likeness (QED) is 0.146. The SMILES string of the molecule is CCCCCC(=O)OC[C@H]1O[C@@H](O)[C@@](O)(Oc2cccc3[nH]cc(Cc4ccc(CC)cc4)c23)[C@@H](O)[C@@H]1O. The van der Waals surface area contributed by atoms with Gasteiger partial charge in [0, 0.05) is 23.5 Å². The van der Waals surface area contributed by atoms with Crippen molar-refractivity contribution in [3.05, 3.63) is 65.4 Å². The molecule has 0 radical (unpaired) electrons. The molecule has 9 heteroatoms. The molecule has 38 heavy (non-hydrogen) atoms. The fraction of sp³-hybridized carbons (Fsp3) is 0.483. The summed E-state index contributed by atoms with van der Waals surface area (Å²) in [5, 5.41) is 43.9. The van der Waals surface area contributed by atoms with Gasteiger partial charge >= 0.3 is 5.97 Å². The van der Waals surface area contributed by atoms with Gasteiger partial charge in [-0.1, -0.05) is 57.0 Å². The lowest BCUT2D eigenvalue weighted by Gasteiger charge is -2.45. The molecule has 4 rings (SSSR count). The second kappa shape index (κ2) is 12.3. The minimum atomic E-state index is -2.67. The zero-order valence-corrected chi connectivity index (χ0v) is 21.8. The number of fused-ring (bicyclic) bond motifs is 1. The number of carbonyl (C=O) groups is 1. The molecule has 3 aromatic rings. The maximum atomic E-state index is 11.9. The van der Waals surface area contributed by atoms with Crippen LogP contribution in [0.2, 0.25) is 0 Å². The summed E-state index contributed by atoms with van der Waals surface area (Å²) in [6.45, 7) is 3.73. The standard InChI is InChI=1S/C29H37NO8/c1-3-5-6-10-24(31)36-17-23-26(32)27(33)29(35,28(34)37-23)38-22-9-7-8-21-25(22)20(16-30-21)15-19-13-11-18(4-2)12-14-19/h7-9,11-14,16,23,26-28,30,32-35H,3-6,10,15,17H2,1-2H3/t23-,26-,27+,28-,29+/m1/s1. The normalized spacial score (nSPS) is 25.4. The van der Waals surface area contributed by atoms with Gasteiger partial charge in [0.1, 0.15) is 24.6 Å². The fourth-order valence-electron chi connectivity index (χ4n) is 4.69. The number of hydrogen-bond acceptors (Lipinski definition) is 8. The third kappa shape index (κ3) is 6.03.